The van der Waals surface area contributed by atoms with E-state index in [1.165, 1.54) is 5.69 Å². The summed E-state index contributed by atoms with van der Waals surface area (Å²) in [6, 6.07) is 10.4. The Morgan fingerprint density at radius 1 is 1.14 bits per heavy atom. The minimum Gasteiger partial charge on any atom is -0.383 e. The van der Waals surface area contributed by atoms with Crippen molar-refractivity contribution in [3.8, 4) is 11.3 Å². The third-order valence-corrected chi connectivity index (χ3v) is 4.87. The highest BCUT2D eigenvalue weighted by Gasteiger charge is 2.21. The van der Waals surface area contributed by atoms with Crippen molar-refractivity contribution in [2.75, 3.05) is 13.7 Å². The molecular weight excluding hydrogens is 350 g/mol. The lowest BCUT2D eigenvalue weighted by molar-refractivity contribution is 0.185. The van der Waals surface area contributed by atoms with Crippen molar-refractivity contribution in [2.45, 2.75) is 45.7 Å². The quantitative estimate of drug-likeness (QED) is 0.493. The van der Waals surface area contributed by atoms with Gasteiger partial charge in [-0.3, -0.25) is 0 Å². The Labute approximate surface area is 166 Å². The second-order valence-corrected chi connectivity index (χ2v) is 6.78. The molecule has 0 fully saturated rings. The van der Waals surface area contributed by atoms with Crippen molar-refractivity contribution in [3.05, 3.63) is 66.7 Å². The topological polar surface area (TPSA) is 57.8 Å². The van der Waals surface area contributed by atoms with E-state index in [9.17, 15) is 0 Å². The SMILES string of the molecule is CC/C=C\CCc1c(-c2ccccc2)ncn1[C@H](C)c1nncn1CCOC. The molecule has 6 heteroatoms. The van der Waals surface area contributed by atoms with E-state index >= 15 is 0 Å². The Kier molecular flexibility index (Phi) is 7.14. The first kappa shape index (κ1) is 20.0. The molecule has 0 radical (unpaired) electrons. The summed E-state index contributed by atoms with van der Waals surface area (Å²) >= 11 is 0. The van der Waals surface area contributed by atoms with E-state index in [-0.39, 0.29) is 6.04 Å². The maximum Gasteiger partial charge on any atom is 0.155 e. The summed E-state index contributed by atoms with van der Waals surface area (Å²) < 4.78 is 9.50. The van der Waals surface area contributed by atoms with Gasteiger partial charge < -0.3 is 13.9 Å². The molecule has 0 spiro atoms. The van der Waals surface area contributed by atoms with Crippen molar-refractivity contribution >= 4 is 0 Å². The second kappa shape index (κ2) is 9.99. The largest absolute Gasteiger partial charge is 0.383 e. The number of ether oxygens (including phenoxy) is 1. The van der Waals surface area contributed by atoms with Crippen molar-refractivity contribution in [1.82, 2.24) is 24.3 Å². The van der Waals surface area contributed by atoms with Gasteiger partial charge in [-0.25, -0.2) is 4.98 Å². The fraction of sp³-hybridized carbons (Fsp3) is 0.409. The molecule has 1 atom stereocenters. The van der Waals surface area contributed by atoms with Crippen LogP contribution in [0.2, 0.25) is 0 Å². The summed E-state index contributed by atoms with van der Waals surface area (Å²) in [5.74, 6) is 0.916. The minimum absolute atomic E-state index is 0.0365. The van der Waals surface area contributed by atoms with Gasteiger partial charge in [-0.05, 0) is 26.2 Å². The van der Waals surface area contributed by atoms with E-state index in [2.05, 4.69) is 69.6 Å². The summed E-state index contributed by atoms with van der Waals surface area (Å²) in [5, 5.41) is 8.49. The van der Waals surface area contributed by atoms with Crippen molar-refractivity contribution < 1.29 is 4.74 Å². The first-order valence-electron chi connectivity index (χ1n) is 9.89. The number of hydrogen-bond donors (Lipinski definition) is 0. The fourth-order valence-corrected chi connectivity index (χ4v) is 3.38. The van der Waals surface area contributed by atoms with Crippen LogP contribution in [-0.4, -0.2) is 38.0 Å². The number of imidazole rings is 1. The maximum absolute atomic E-state index is 5.21. The van der Waals surface area contributed by atoms with Gasteiger partial charge in [-0.2, -0.15) is 0 Å². The van der Waals surface area contributed by atoms with Crippen LogP contribution in [0.3, 0.4) is 0 Å². The number of allylic oxidation sites excluding steroid dienone is 2. The fourth-order valence-electron chi connectivity index (χ4n) is 3.38. The number of benzene rings is 1. The average molecular weight is 380 g/mol. The first-order valence-corrected chi connectivity index (χ1v) is 9.89. The number of nitrogens with zero attached hydrogens (tertiary/aromatic N) is 5. The van der Waals surface area contributed by atoms with E-state index in [4.69, 9.17) is 9.72 Å². The van der Waals surface area contributed by atoms with E-state index in [0.29, 0.717) is 6.61 Å². The Morgan fingerprint density at radius 2 is 1.96 bits per heavy atom. The molecule has 0 saturated carbocycles. The smallest absolute Gasteiger partial charge is 0.155 e. The van der Waals surface area contributed by atoms with Crippen LogP contribution in [0, 0.1) is 0 Å². The molecule has 0 saturated heterocycles. The molecule has 1 aromatic carbocycles. The van der Waals surface area contributed by atoms with Crippen molar-refractivity contribution in [1.29, 1.82) is 0 Å². The van der Waals surface area contributed by atoms with Crippen LogP contribution < -0.4 is 0 Å². The zero-order valence-electron chi connectivity index (χ0n) is 17.0. The highest BCUT2D eigenvalue weighted by Crippen LogP contribution is 2.28. The zero-order chi connectivity index (χ0) is 19.8. The molecular formula is C22H29N5O. The summed E-state index contributed by atoms with van der Waals surface area (Å²) in [6.45, 7) is 5.67. The van der Waals surface area contributed by atoms with Gasteiger partial charge in [0.15, 0.2) is 5.82 Å². The molecule has 0 bridgehead atoms. The van der Waals surface area contributed by atoms with E-state index < -0.39 is 0 Å². The zero-order valence-corrected chi connectivity index (χ0v) is 17.0. The van der Waals surface area contributed by atoms with Crippen LogP contribution in [-0.2, 0) is 17.7 Å². The Balaban J connectivity index is 1.94. The number of aromatic nitrogens is 5. The normalized spacial score (nSPS) is 12.7. The lowest BCUT2D eigenvalue weighted by atomic mass is 10.1. The molecule has 2 heterocycles. The Hall–Kier alpha value is -2.73. The second-order valence-electron chi connectivity index (χ2n) is 6.78. The predicted molar refractivity (Wildman–Crippen MR) is 111 cm³/mol. The van der Waals surface area contributed by atoms with Gasteiger partial charge in [0.1, 0.15) is 6.33 Å². The maximum atomic E-state index is 5.21. The van der Waals surface area contributed by atoms with Crippen LogP contribution in [0.4, 0.5) is 0 Å². The standard InChI is InChI=1S/C22H29N5O/c1-4-5-6-10-13-20-21(19-11-8-7-9-12-19)23-16-27(20)18(2)22-25-24-17-26(22)14-15-28-3/h5-9,11-12,16-18H,4,10,13-15H2,1-3H3/b6-5-/t18-/m1/s1. The lowest BCUT2D eigenvalue weighted by Gasteiger charge is -2.18. The highest BCUT2D eigenvalue weighted by atomic mass is 16.5. The van der Waals surface area contributed by atoms with E-state index in [1.54, 1.807) is 13.4 Å². The van der Waals surface area contributed by atoms with E-state index in [1.807, 2.05) is 12.4 Å². The van der Waals surface area contributed by atoms with Gasteiger partial charge >= 0.3 is 0 Å². The molecule has 0 aliphatic rings. The summed E-state index contributed by atoms with van der Waals surface area (Å²) in [5.41, 5.74) is 3.41. The minimum atomic E-state index is 0.0365. The van der Waals surface area contributed by atoms with Crippen LogP contribution >= 0.6 is 0 Å². The van der Waals surface area contributed by atoms with Gasteiger partial charge in [-0.15, -0.1) is 10.2 Å². The molecule has 148 valence electrons. The van der Waals surface area contributed by atoms with Gasteiger partial charge in [0.25, 0.3) is 0 Å². The lowest BCUT2D eigenvalue weighted by Crippen LogP contribution is -2.16. The molecule has 3 rings (SSSR count). The molecule has 6 nitrogen and oxygen atoms in total. The van der Waals surface area contributed by atoms with Crippen LogP contribution in [0.15, 0.2) is 55.1 Å². The van der Waals surface area contributed by atoms with Gasteiger partial charge in [0, 0.05) is 24.9 Å². The monoisotopic (exact) mass is 379 g/mol. The Morgan fingerprint density at radius 3 is 2.71 bits per heavy atom. The molecule has 0 amide bonds. The molecule has 2 aromatic heterocycles. The van der Waals surface area contributed by atoms with E-state index in [0.717, 1.165) is 42.9 Å². The molecule has 0 aliphatic heterocycles. The van der Waals surface area contributed by atoms with Crippen molar-refractivity contribution in [3.63, 3.8) is 0 Å². The highest BCUT2D eigenvalue weighted by molar-refractivity contribution is 5.62. The number of hydrogen-bond acceptors (Lipinski definition) is 4. The molecule has 28 heavy (non-hydrogen) atoms. The van der Waals surface area contributed by atoms with Gasteiger partial charge in [-0.1, -0.05) is 49.4 Å². The predicted octanol–water partition coefficient (Wildman–Crippen LogP) is 4.30. The molecule has 3 aromatic rings. The molecule has 0 aliphatic carbocycles. The van der Waals surface area contributed by atoms with Gasteiger partial charge in [0.2, 0.25) is 0 Å². The summed E-state index contributed by atoms with van der Waals surface area (Å²) in [6.07, 6.45) is 11.1. The van der Waals surface area contributed by atoms with Crippen LogP contribution in [0.1, 0.15) is 44.2 Å². The first-order chi connectivity index (χ1) is 13.8. The van der Waals surface area contributed by atoms with Crippen LogP contribution in [0.5, 0.6) is 0 Å². The van der Waals surface area contributed by atoms with Crippen molar-refractivity contribution in [2.24, 2.45) is 0 Å². The summed E-state index contributed by atoms with van der Waals surface area (Å²) in [7, 11) is 1.71. The number of rotatable bonds is 10. The third kappa shape index (κ3) is 4.57. The van der Waals surface area contributed by atoms with Gasteiger partial charge in [0.05, 0.1) is 24.7 Å². The molecule has 0 unspecified atom stereocenters. The van der Waals surface area contributed by atoms with Crippen LogP contribution in [0.25, 0.3) is 11.3 Å². The Bertz CT molecular complexity index is 881. The molecule has 0 N–H and O–H groups in total. The number of methoxy groups -OCH3 is 1. The average Bonchev–Trinajstić information content (AvgIpc) is 3.37. The summed E-state index contributed by atoms with van der Waals surface area (Å²) in [4.78, 5) is 4.76. The third-order valence-electron chi connectivity index (χ3n) is 4.87.